The standard InChI is InChI=1S/C33H50O2/c1-22(2)12-9-13-23(3)14-10-15-24(4)16-11-17-25(5)18-19-29-28(8)32(34)30-20-26(6)27(7)21-31(30)33(29)35/h18,20-24H,9-17,19H2,1-8H3/t23-,24-/m1/s1. The van der Waals surface area contributed by atoms with Gasteiger partial charge in [0.25, 0.3) is 0 Å². The summed E-state index contributed by atoms with van der Waals surface area (Å²) in [6.45, 7) is 17.4. The van der Waals surface area contributed by atoms with E-state index in [4.69, 9.17) is 0 Å². The first-order valence-electron chi connectivity index (χ1n) is 14.1. The number of carbonyl (C=O) groups excluding carboxylic acids is 2. The zero-order chi connectivity index (χ0) is 26.1. The summed E-state index contributed by atoms with van der Waals surface area (Å²) >= 11 is 0. The smallest absolute Gasteiger partial charge is 0.190 e. The minimum atomic E-state index is 0.00631. The lowest BCUT2D eigenvalue weighted by Crippen LogP contribution is -2.21. The van der Waals surface area contributed by atoms with Crippen LogP contribution in [-0.4, -0.2) is 11.6 Å². The first-order valence-corrected chi connectivity index (χ1v) is 14.1. The van der Waals surface area contributed by atoms with Crippen molar-refractivity contribution >= 4 is 11.6 Å². The third-order valence-electron chi connectivity index (χ3n) is 7.99. The predicted octanol–water partition coefficient (Wildman–Crippen LogP) is 9.77. The molecule has 1 aromatic rings. The quantitative estimate of drug-likeness (QED) is 0.249. The van der Waals surface area contributed by atoms with E-state index in [1.807, 2.05) is 32.9 Å². The fourth-order valence-electron chi connectivity index (χ4n) is 5.20. The Morgan fingerprint density at radius 3 is 1.77 bits per heavy atom. The van der Waals surface area contributed by atoms with Gasteiger partial charge in [-0.2, -0.15) is 0 Å². The van der Waals surface area contributed by atoms with E-state index in [-0.39, 0.29) is 11.6 Å². The summed E-state index contributed by atoms with van der Waals surface area (Å²) in [5, 5.41) is 0. The fourth-order valence-corrected chi connectivity index (χ4v) is 5.20. The molecule has 0 saturated heterocycles. The van der Waals surface area contributed by atoms with Gasteiger partial charge in [0.15, 0.2) is 11.6 Å². The summed E-state index contributed by atoms with van der Waals surface area (Å²) in [4.78, 5) is 26.1. The topological polar surface area (TPSA) is 34.1 Å². The Labute approximate surface area is 215 Å². The SMILES string of the molecule is CC(=CCC1=C(C)C(=O)c2cc(C)c(C)cc2C1=O)CCC[C@H](C)CCC[C@H](C)CCCC(C)C. The number of fused-ring (bicyclic) bond motifs is 1. The second-order valence-electron chi connectivity index (χ2n) is 11.9. The normalized spacial score (nSPS) is 16.2. The Bertz CT molecular complexity index is 944. The molecule has 0 saturated carbocycles. The van der Waals surface area contributed by atoms with Gasteiger partial charge in [-0.15, -0.1) is 0 Å². The molecule has 0 N–H and O–H groups in total. The van der Waals surface area contributed by atoms with Gasteiger partial charge in [-0.25, -0.2) is 0 Å². The molecule has 0 unspecified atom stereocenters. The van der Waals surface area contributed by atoms with Crippen LogP contribution in [0.2, 0.25) is 0 Å². The number of rotatable bonds is 14. The van der Waals surface area contributed by atoms with E-state index in [2.05, 4.69) is 40.7 Å². The van der Waals surface area contributed by atoms with Crippen LogP contribution >= 0.6 is 0 Å². The molecule has 0 aliphatic heterocycles. The van der Waals surface area contributed by atoms with Crippen molar-refractivity contribution in [3.63, 3.8) is 0 Å². The lowest BCUT2D eigenvalue weighted by Gasteiger charge is -2.20. The average molecular weight is 479 g/mol. The highest BCUT2D eigenvalue weighted by Gasteiger charge is 2.29. The first kappa shape index (κ1) is 29.3. The van der Waals surface area contributed by atoms with Gasteiger partial charge in [-0.3, -0.25) is 9.59 Å². The summed E-state index contributed by atoms with van der Waals surface area (Å²) in [5.41, 5.74) is 5.87. The fraction of sp³-hybridized carbons (Fsp3) is 0.636. The van der Waals surface area contributed by atoms with Crippen LogP contribution < -0.4 is 0 Å². The zero-order valence-corrected chi connectivity index (χ0v) is 23.9. The van der Waals surface area contributed by atoms with E-state index in [1.165, 1.54) is 56.9 Å². The van der Waals surface area contributed by atoms with E-state index < -0.39 is 0 Å². The van der Waals surface area contributed by atoms with Crippen molar-refractivity contribution < 1.29 is 9.59 Å². The maximum Gasteiger partial charge on any atom is 0.190 e. The number of aryl methyl sites for hydroxylation is 2. The Morgan fingerprint density at radius 2 is 1.23 bits per heavy atom. The van der Waals surface area contributed by atoms with Crippen molar-refractivity contribution in [3.8, 4) is 0 Å². The molecule has 0 spiro atoms. The minimum Gasteiger partial charge on any atom is -0.289 e. The number of benzene rings is 1. The highest BCUT2D eigenvalue weighted by atomic mass is 16.1. The lowest BCUT2D eigenvalue weighted by atomic mass is 9.81. The Morgan fingerprint density at radius 1 is 0.743 bits per heavy atom. The molecule has 0 bridgehead atoms. The number of hydrogen-bond donors (Lipinski definition) is 0. The van der Waals surface area contributed by atoms with Crippen LogP contribution in [-0.2, 0) is 0 Å². The van der Waals surface area contributed by atoms with Crippen LogP contribution in [0.15, 0.2) is 34.9 Å². The molecule has 35 heavy (non-hydrogen) atoms. The van der Waals surface area contributed by atoms with Crippen LogP contribution in [0.5, 0.6) is 0 Å². The summed E-state index contributed by atoms with van der Waals surface area (Å²) in [5.74, 6) is 2.49. The van der Waals surface area contributed by atoms with Gasteiger partial charge in [-0.05, 0) is 88.0 Å². The molecule has 194 valence electrons. The predicted molar refractivity (Wildman–Crippen MR) is 150 cm³/mol. The molecule has 2 heteroatoms. The number of hydrogen-bond acceptors (Lipinski definition) is 2. The first-order chi connectivity index (χ1) is 16.5. The van der Waals surface area contributed by atoms with Gasteiger partial charge in [0.1, 0.15) is 0 Å². The molecule has 2 rings (SSSR count). The molecule has 0 amide bonds. The number of allylic oxidation sites excluding steroid dienone is 4. The third kappa shape index (κ3) is 8.89. The van der Waals surface area contributed by atoms with Gasteiger partial charge in [0, 0.05) is 22.3 Å². The van der Waals surface area contributed by atoms with E-state index in [0.29, 0.717) is 28.7 Å². The van der Waals surface area contributed by atoms with Crippen LogP contribution in [0.3, 0.4) is 0 Å². The second-order valence-corrected chi connectivity index (χ2v) is 11.9. The highest BCUT2D eigenvalue weighted by Crippen LogP contribution is 2.31. The zero-order valence-electron chi connectivity index (χ0n) is 23.9. The molecule has 2 nitrogen and oxygen atoms in total. The molecule has 0 fully saturated rings. The summed E-state index contributed by atoms with van der Waals surface area (Å²) in [6, 6.07) is 3.77. The average Bonchev–Trinajstić information content (AvgIpc) is 2.78. The van der Waals surface area contributed by atoms with E-state index in [0.717, 1.165) is 35.3 Å². The van der Waals surface area contributed by atoms with Gasteiger partial charge in [0.2, 0.25) is 0 Å². The van der Waals surface area contributed by atoms with Crippen molar-refractivity contribution in [3.05, 3.63) is 57.2 Å². The highest BCUT2D eigenvalue weighted by molar-refractivity contribution is 6.26. The molecule has 0 radical (unpaired) electrons. The van der Waals surface area contributed by atoms with Gasteiger partial charge >= 0.3 is 0 Å². The number of carbonyl (C=O) groups is 2. The Kier molecular flexibility index (Phi) is 11.7. The summed E-state index contributed by atoms with van der Waals surface area (Å²) < 4.78 is 0. The molecule has 0 aromatic heterocycles. The van der Waals surface area contributed by atoms with Crippen LogP contribution in [0.1, 0.15) is 138 Å². The maximum absolute atomic E-state index is 13.1. The van der Waals surface area contributed by atoms with Crippen molar-refractivity contribution in [1.82, 2.24) is 0 Å². The Hall–Kier alpha value is -1.96. The van der Waals surface area contributed by atoms with Crippen LogP contribution in [0.25, 0.3) is 0 Å². The molecular weight excluding hydrogens is 428 g/mol. The minimum absolute atomic E-state index is 0.00631. The van der Waals surface area contributed by atoms with Crippen LogP contribution in [0.4, 0.5) is 0 Å². The molecule has 2 atom stereocenters. The maximum atomic E-state index is 13.1. The van der Waals surface area contributed by atoms with Crippen molar-refractivity contribution in [2.24, 2.45) is 17.8 Å². The number of ketones is 2. The molecule has 1 aromatic carbocycles. The summed E-state index contributed by atoms with van der Waals surface area (Å²) in [7, 11) is 0. The third-order valence-corrected chi connectivity index (χ3v) is 7.99. The molecule has 0 heterocycles. The second kappa shape index (κ2) is 14.0. The molecule has 1 aliphatic carbocycles. The van der Waals surface area contributed by atoms with Gasteiger partial charge < -0.3 is 0 Å². The lowest BCUT2D eigenvalue weighted by molar-refractivity contribution is 0.0973. The van der Waals surface area contributed by atoms with Gasteiger partial charge in [0.05, 0.1) is 0 Å². The van der Waals surface area contributed by atoms with E-state index >= 15 is 0 Å². The van der Waals surface area contributed by atoms with E-state index in [9.17, 15) is 9.59 Å². The van der Waals surface area contributed by atoms with Crippen molar-refractivity contribution in [2.45, 2.75) is 120 Å². The van der Waals surface area contributed by atoms with Crippen LogP contribution in [0, 0.1) is 31.6 Å². The van der Waals surface area contributed by atoms with Crippen molar-refractivity contribution in [1.29, 1.82) is 0 Å². The Balaban J connectivity index is 1.77. The largest absolute Gasteiger partial charge is 0.289 e. The molecule has 1 aliphatic rings. The van der Waals surface area contributed by atoms with Crippen molar-refractivity contribution in [2.75, 3.05) is 0 Å². The van der Waals surface area contributed by atoms with E-state index in [1.54, 1.807) is 0 Å². The molecular formula is C33H50O2. The van der Waals surface area contributed by atoms with Gasteiger partial charge in [-0.1, -0.05) is 84.3 Å². The number of Topliss-reactive ketones (excluding diaryl/α,β-unsaturated/α-hetero) is 2. The summed E-state index contributed by atoms with van der Waals surface area (Å²) in [6.07, 6.45) is 14.4. The monoisotopic (exact) mass is 478 g/mol.